The highest BCUT2D eigenvalue weighted by molar-refractivity contribution is 5.69. The molecule has 2 rings (SSSR count). The fraction of sp³-hybridized carbons (Fsp3) is 0.250. The zero-order valence-electron chi connectivity index (χ0n) is 9.54. The molecule has 0 aliphatic carbocycles. The van der Waals surface area contributed by atoms with E-state index in [1.807, 2.05) is 38.2 Å². The van der Waals surface area contributed by atoms with E-state index < -0.39 is 0 Å². The van der Waals surface area contributed by atoms with Crippen LogP contribution in [0.1, 0.15) is 16.8 Å². The SMILES string of the molecule is Cc1cccc(NCc2cn[nH]c2C)c1N. The molecule has 0 atom stereocenters. The van der Waals surface area contributed by atoms with Crippen molar-refractivity contribution in [1.29, 1.82) is 0 Å². The average molecular weight is 216 g/mol. The molecule has 0 saturated carbocycles. The van der Waals surface area contributed by atoms with Crippen LogP contribution in [-0.2, 0) is 6.54 Å². The number of nitrogens with two attached hydrogens (primary N) is 1. The maximum atomic E-state index is 5.97. The van der Waals surface area contributed by atoms with Gasteiger partial charge < -0.3 is 11.1 Å². The van der Waals surface area contributed by atoms with E-state index in [9.17, 15) is 0 Å². The van der Waals surface area contributed by atoms with Gasteiger partial charge in [0.2, 0.25) is 0 Å². The fourth-order valence-corrected chi connectivity index (χ4v) is 1.58. The number of aromatic nitrogens is 2. The number of anilines is 2. The second-order valence-corrected chi connectivity index (χ2v) is 3.91. The topological polar surface area (TPSA) is 66.7 Å². The third-order valence-electron chi connectivity index (χ3n) is 2.73. The molecule has 0 aliphatic rings. The summed E-state index contributed by atoms with van der Waals surface area (Å²) in [5.74, 6) is 0. The first-order valence-electron chi connectivity index (χ1n) is 5.26. The van der Waals surface area contributed by atoms with Crippen LogP contribution < -0.4 is 11.1 Å². The van der Waals surface area contributed by atoms with E-state index in [2.05, 4.69) is 15.5 Å². The molecule has 1 aromatic heterocycles. The third kappa shape index (κ3) is 2.00. The van der Waals surface area contributed by atoms with Gasteiger partial charge >= 0.3 is 0 Å². The Balaban J connectivity index is 2.11. The Morgan fingerprint density at radius 3 is 2.88 bits per heavy atom. The minimum absolute atomic E-state index is 0.732. The summed E-state index contributed by atoms with van der Waals surface area (Å²) in [6.07, 6.45) is 1.83. The maximum absolute atomic E-state index is 5.97. The van der Waals surface area contributed by atoms with Crippen LogP contribution in [0.5, 0.6) is 0 Å². The molecule has 4 heteroatoms. The predicted molar refractivity (Wildman–Crippen MR) is 66.2 cm³/mol. The molecule has 0 radical (unpaired) electrons. The van der Waals surface area contributed by atoms with Crippen molar-refractivity contribution in [3.05, 3.63) is 41.2 Å². The summed E-state index contributed by atoms with van der Waals surface area (Å²) in [7, 11) is 0. The fourth-order valence-electron chi connectivity index (χ4n) is 1.58. The first kappa shape index (κ1) is 10.5. The highest BCUT2D eigenvalue weighted by Gasteiger charge is 2.03. The molecule has 0 aliphatic heterocycles. The van der Waals surface area contributed by atoms with Gasteiger partial charge in [0.15, 0.2) is 0 Å². The summed E-state index contributed by atoms with van der Waals surface area (Å²) < 4.78 is 0. The first-order valence-corrected chi connectivity index (χ1v) is 5.26. The van der Waals surface area contributed by atoms with Crippen LogP contribution in [0.4, 0.5) is 11.4 Å². The van der Waals surface area contributed by atoms with Crippen molar-refractivity contribution in [3.8, 4) is 0 Å². The van der Waals surface area contributed by atoms with E-state index in [1.54, 1.807) is 0 Å². The average Bonchev–Trinajstić information content (AvgIpc) is 2.67. The van der Waals surface area contributed by atoms with Gasteiger partial charge in [0.25, 0.3) is 0 Å². The molecule has 0 bridgehead atoms. The molecule has 84 valence electrons. The van der Waals surface area contributed by atoms with E-state index in [4.69, 9.17) is 5.73 Å². The number of benzene rings is 1. The van der Waals surface area contributed by atoms with Crippen molar-refractivity contribution in [3.63, 3.8) is 0 Å². The monoisotopic (exact) mass is 216 g/mol. The summed E-state index contributed by atoms with van der Waals surface area (Å²) in [5, 5.41) is 10.2. The molecular formula is C12H16N4. The van der Waals surface area contributed by atoms with E-state index in [0.29, 0.717) is 0 Å². The molecule has 16 heavy (non-hydrogen) atoms. The van der Waals surface area contributed by atoms with Gasteiger partial charge in [-0.25, -0.2) is 0 Å². The maximum Gasteiger partial charge on any atom is 0.0579 e. The van der Waals surface area contributed by atoms with Gasteiger partial charge in [-0.3, -0.25) is 5.10 Å². The number of H-pyrrole nitrogens is 1. The van der Waals surface area contributed by atoms with E-state index >= 15 is 0 Å². The smallest absolute Gasteiger partial charge is 0.0579 e. The Hall–Kier alpha value is -1.97. The summed E-state index contributed by atoms with van der Waals surface area (Å²) >= 11 is 0. The molecule has 1 heterocycles. The summed E-state index contributed by atoms with van der Waals surface area (Å²) in [6.45, 7) is 4.74. The molecule has 4 nitrogen and oxygen atoms in total. The van der Waals surface area contributed by atoms with Crippen LogP contribution in [0.2, 0.25) is 0 Å². The highest BCUT2D eigenvalue weighted by atomic mass is 15.1. The van der Waals surface area contributed by atoms with Crippen LogP contribution in [0, 0.1) is 13.8 Å². The molecule has 0 saturated heterocycles. The lowest BCUT2D eigenvalue weighted by molar-refractivity contribution is 1.04. The molecule has 0 amide bonds. The standard InChI is InChI=1S/C12H16N4/c1-8-4-3-5-11(12(8)13)14-6-10-7-15-16-9(10)2/h3-5,7,14H,6,13H2,1-2H3,(H,15,16). The number of rotatable bonds is 3. The highest BCUT2D eigenvalue weighted by Crippen LogP contribution is 2.22. The second-order valence-electron chi connectivity index (χ2n) is 3.91. The number of nitrogen functional groups attached to an aromatic ring is 1. The number of para-hydroxylation sites is 1. The van der Waals surface area contributed by atoms with E-state index in [-0.39, 0.29) is 0 Å². The third-order valence-corrected chi connectivity index (χ3v) is 2.73. The van der Waals surface area contributed by atoms with Gasteiger partial charge in [0.1, 0.15) is 0 Å². The number of aryl methyl sites for hydroxylation is 2. The first-order chi connectivity index (χ1) is 7.68. The van der Waals surface area contributed by atoms with Crippen molar-refractivity contribution in [2.24, 2.45) is 0 Å². The molecule has 0 spiro atoms. The Kier molecular flexibility index (Phi) is 2.81. The Morgan fingerprint density at radius 1 is 1.38 bits per heavy atom. The van der Waals surface area contributed by atoms with Gasteiger partial charge in [-0.2, -0.15) is 5.10 Å². The Morgan fingerprint density at radius 2 is 2.19 bits per heavy atom. The predicted octanol–water partition coefficient (Wildman–Crippen LogP) is 2.22. The van der Waals surface area contributed by atoms with Crippen molar-refractivity contribution in [2.45, 2.75) is 20.4 Å². The van der Waals surface area contributed by atoms with E-state index in [0.717, 1.165) is 34.7 Å². The van der Waals surface area contributed by atoms with Gasteiger partial charge in [-0.15, -0.1) is 0 Å². The molecule has 4 N–H and O–H groups in total. The van der Waals surface area contributed by atoms with Crippen molar-refractivity contribution in [2.75, 3.05) is 11.1 Å². The van der Waals surface area contributed by atoms with Gasteiger partial charge in [0, 0.05) is 17.8 Å². The molecule has 2 aromatic rings. The minimum atomic E-state index is 0.732. The number of nitrogens with zero attached hydrogens (tertiary/aromatic N) is 1. The van der Waals surface area contributed by atoms with Gasteiger partial charge in [0.05, 0.1) is 17.6 Å². The summed E-state index contributed by atoms with van der Waals surface area (Å²) in [6, 6.07) is 5.98. The lowest BCUT2D eigenvalue weighted by Crippen LogP contribution is -2.03. The summed E-state index contributed by atoms with van der Waals surface area (Å²) in [4.78, 5) is 0. The minimum Gasteiger partial charge on any atom is -0.397 e. The van der Waals surface area contributed by atoms with Crippen LogP contribution in [0.3, 0.4) is 0 Å². The Bertz CT molecular complexity index is 488. The van der Waals surface area contributed by atoms with Crippen LogP contribution in [-0.4, -0.2) is 10.2 Å². The van der Waals surface area contributed by atoms with E-state index in [1.165, 1.54) is 0 Å². The molecule has 0 unspecified atom stereocenters. The number of aromatic amines is 1. The largest absolute Gasteiger partial charge is 0.397 e. The lowest BCUT2D eigenvalue weighted by atomic mass is 10.1. The normalized spacial score (nSPS) is 10.4. The Labute approximate surface area is 94.9 Å². The number of hydrogen-bond acceptors (Lipinski definition) is 3. The van der Waals surface area contributed by atoms with Crippen LogP contribution in [0.15, 0.2) is 24.4 Å². The van der Waals surface area contributed by atoms with Crippen LogP contribution >= 0.6 is 0 Å². The van der Waals surface area contributed by atoms with Crippen LogP contribution in [0.25, 0.3) is 0 Å². The summed E-state index contributed by atoms with van der Waals surface area (Å²) in [5.41, 5.74) is 11.1. The molecule has 1 aromatic carbocycles. The van der Waals surface area contributed by atoms with Crippen molar-refractivity contribution in [1.82, 2.24) is 10.2 Å². The number of nitrogens with one attached hydrogen (secondary N) is 2. The van der Waals surface area contributed by atoms with Gasteiger partial charge in [-0.1, -0.05) is 12.1 Å². The molecule has 0 fully saturated rings. The van der Waals surface area contributed by atoms with Crippen molar-refractivity contribution >= 4 is 11.4 Å². The number of hydrogen-bond donors (Lipinski definition) is 3. The second kappa shape index (κ2) is 4.26. The lowest BCUT2D eigenvalue weighted by Gasteiger charge is -2.10. The van der Waals surface area contributed by atoms with Crippen molar-refractivity contribution < 1.29 is 0 Å². The zero-order valence-corrected chi connectivity index (χ0v) is 9.54. The zero-order chi connectivity index (χ0) is 11.5. The quantitative estimate of drug-likeness (QED) is 0.689. The molecular weight excluding hydrogens is 200 g/mol. The van der Waals surface area contributed by atoms with Gasteiger partial charge in [-0.05, 0) is 25.5 Å².